The third-order valence-corrected chi connectivity index (χ3v) is 4.33. The molecule has 3 rings (SSSR count). The Balaban J connectivity index is 1.67. The normalized spacial score (nSPS) is 23.4. The van der Waals surface area contributed by atoms with Crippen molar-refractivity contribution in [3.8, 4) is 0 Å². The van der Waals surface area contributed by atoms with Crippen LogP contribution < -0.4 is 5.73 Å². The topological polar surface area (TPSA) is 49.6 Å². The second-order valence-corrected chi connectivity index (χ2v) is 5.76. The smallest absolute Gasteiger partial charge is 0.226 e. The molecule has 2 N–H and O–H groups in total. The van der Waals surface area contributed by atoms with E-state index in [1.165, 1.54) is 11.1 Å². The number of anilines is 1. The number of rotatable bonds is 1. The first-order valence-electron chi connectivity index (χ1n) is 6.98. The van der Waals surface area contributed by atoms with E-state index in [-0.39, 0.29) is 5.92 Å². The van der Waals surface area contributed by atoms with Gasteiger partial charge in [0.05, 0.1) is 0 Å². The van der Waals surface area contributed by atoms with Gasteiger partial charge in [-0.05, 0) is 43.1 Å². The fraction of sp³-hybridized carbons (Fsp3) is 0.533. The molecule has 0 bridgehead atoms. The number of hydrogen-bond acceptors (Lipinski definition) is 3. The molecule has 4 nitrogen and oxygen atoms in total. The molecule has 1 aromatic carbocycles. The van der Waals surface area contributed by atoms with Gasteiger partial charge in [0.1, 0.15) is 0 Å². The van der Waals surface area contributed by atoms with Gasteiger partial charge in [0.2, 0.25) is 5.91 Å². The van der Waals surface area contributed by atoms with Crippen molar-refractivity contribution in [3.05, 3.63) is 29.3 Å². The summed E-state index contributed by atoms with van der Waals surface area (Å²) in [6.45, 7) is 3.70. The Bertz CT molecular complexity index is 492. The van der Waals surface area contributed by atoms with Gasteiger partial charge in [-0.25, -0.2) is 0 Å². The van der Waals surface area contributed by atoms with E-state index in [1.54, 1.807) is 0 Å². The Morgan fingerprint density at radius 1 is 1.16 bits per heavy atom. The Labute approximate surface area is 114 Å². The molecular weight excluding hydrogens is 238 g/mol. The van der Waals surface area contributed by atoms with Crippen LogP contribution in [0.25, 0.3) is 0 Å². The van der Waals surface area contributed by atoms with Gasteiger partial charge in [-0.15, -0.1) is 0 Å². The van der Waals surface area contributed by atoms with Crippen LogP contribution in [0, 0.1) is 5.92 Å². The third kappa shape index (κ3) is 2.45. The van der Waals surface area contributed by atoms with Crippen molar-refractivity contribution in [1.82, 2.24) is 9.80 Å². The molecule has 1 aliphatic heterocycles. The first kappa shape index (κ1) is 12.5. The number of benzene rings is 1. The molecule has 19 heavy (non-hydrogen) atoms. The maximum atomic E-state index is 12.5. The van der Waals surface area contributed by atoms with Crippen LogP contribution in [0.15, 0.2) is 18.2 Å². The van der Waals surface area contributed by atoms with E-state index in [0.717, 1.165) is 44.7 Å². The lowest BCUT2D eigenvalue weighted by Crippen LogP contribution is -2.49. The van der Waals surface area contributed by atoms with E-state index in [4.69, 9.17) is 5.73 Å². The number of nitrogens with zero attached hydrogens (tertiary/aromatic N) is 2. The zero-order chi connectivity index (χ0) is 13.4. The Morgan fingerprint density at radius 3 is 2.58 bits per heavy atom. The Kier molecular flexibility index (Phi) is 3.19. The quantitative estimate of drug-likeness (QED) is 0.757. The highest BCUT2D eigenvalue weighted by molar-refractivity contribution is 5.80. The minimum atomic E-state index is 0.125. The average molecular weight is 259 g/mol. The monoisotopic (exact) mass is 259 g/mol. The molecule has 0 unspecified atom stereocenters. The van der Waals surface area contributed by atoms with Crippen LogP contribution in [0.4, 0.5) is 5.69 Å². The molecule has 102 valence electrons. The molecule has 4 heteroatoms. The lowest BCUT2D eigenvalue weighted by Gasteiger charge is -2.34. The van der Waals surface area contributed by atoms with E-state index in [0.29, 0.717) is 5.91 Å². The van der Waals surface area contributed by atoms with Gasteiger partial charge in [0, 0.05) is 37.8 Å². The van der Waals surface area contributed by atoms with Gasteiger partial charge in [-0.2, -0.15) is 0 Å². The number of fused-ring (bicyclic) bond motifs is 1. The molecule has 0 aromatic heterocycles. The first-order valence-corrected chi connectivity index (χ1v) is 6.98. The standard InChI is InChI=1S/C15H21N3O/c1-17-4-6-18(7-5-17)15(19)13-8-11-2-3-14(16)10-12(11)9-13/h2-3,10,13H,4-9,16H2,1H3/t13-/m1/s1. The number of nitrogens with two attached hydrogens (primary N) is 1. The van der Waals surface area contributed by atoms with Crippen molar-refractivity contribution in [2.24, 2.45) is 5.92 Å². The maximum absolute atomic E-state index is 12.5. The number of carbonyl (C=O) groups excluding carboxylic acids is 1. The summed E-state index contributed by atoms with van der Waals surface area (Å²) < 4.78 is 0. The summed E-state index contributed by atoms with van der Waals surface area (Å²) in [6, 6.07) is 6.02. The number of amides is 1. The molecule has 1 atom stereocenters. The second-order valence-electron chi connectivity index (χ2n) is 5.76. The third-order valence-electron chi connectivity index (χ3n) is 4.33. The summed E-state index contributed by atoms with van der Waals surface area (Å²) in [6.07, 6.45) is 1.73. The number of nitrogen functional groups attached to an aromatic ring is 1. The van der Waals surface area contributed by atoms with Gasteiger partial charge in [-0.1, -0.05) is 6.07 Å². The second kappa shape index (κ2) is 4.85. The fourth-order valence-electron chi connectivity index (χ4n) is 3.10. The molecule has 2 aliphatic rings. The highest BCUT2D eigenvalue weighted by atomic mass is 16.2. The molecule has 1 amide bonds. The van der Waals surface area contributed by atoms with Crippen LogP contribution in [-0.4, -0.2) is 48.9 Å². The Hall–Kier alpha value is -1.55. The van der Waals surface area contributed by atoms with Crippen LogP contribution in [0.1, 0.15) is 11.1 Å². The zero-order valence-electron chi connectivity index (χ0n) is 11.4. The van der Waals surface area contributed by atoms with Crippen molar-refractivity contribution < 1.29 is 4.79 Å². The largest absolute Gasteiger partial charge is 0.399 e. The molecule has 1 aromatic rings. The predicted molar refractivity (Wildman–Crippen MR) is 75.8 cm³/mol. The maximum Gasteiger partial charge on any atom is 0.226 e. The molecule has 0 spiro atoms. The van der Waals surface area contributed by atoms with Crippen LogP contribution in [0.3, 0.4) is 0 Å². The van der Waals surface area contributed by atoms with Crippen molar-refractivity contribution >= 4 is 11.6 Å². The van der Waals surface area contributed by atoms with Crippen LogP contribution in [0.2, 0.25) is 0 Å². The highest BCUT2D eigenvalue weighted by Gasteiger charge is 2.31. The van der Waals surface area contributed by atoms with Gasteiger partial charge in [0.25, 0.3) is 0 Å². The lowest BCUT2D eigenvalue weighted by molar-refractivity contribution is -0.136. The predicted octanol–water partition coefficient (Wildman–Crippen LogP) is 0.758. The number of hydrogen-bond donors (Lipinski definition) is 1. The van der Waals surface area contributed by atoms with E-state index in [2.05, 4.69) is 18.0 Å². The molecule has 1 aliphatic carbocycles. The van der Waals surface area contributed by atoms with Crippen molar-refractivity contribution in [3.63, 3.8) is 0 Å². The molecule has 0 saturated carbocycles. The molecule has 0 radical (unpaired) electrons. The molecule has 1 heterocycles. The minimum absolute atomic E-state index is 0.125. The van der Waals surface area contributed by atoms with Crippen LogP contribution in [0.5, 0.6) is 0 Å². The summed E-state index contributed by atoms with van der Waals surface area (Å²) in [5.74, 6) is 0.447. The van der Waals surface area contributed by atoms with Crippen molar-refractivity contribution in [2.75, 3.05) is 39.0 Å². The minimum Gasteiger partial charge on any atom is -0.399 e. The number of carbonyl (C=O) groups is 1. The Morgan fingerprint density at radius 2 is 1.84 bits per heavy atom. The van der Waals surface area contributed by atoms with Crippen molar-refractivity contribution in [1.29, 1.82) is 0 Å². The van der Waals surface area contributed by atoms with E-state index < -0.39 is 0 Å². The molecule has 1 fully saturated rings. The first-order chi connectivity index (χ1) is 9.13. The van der Waals surface area contributed by atoms with Crippen LogP contribution >= 0.6 is 0 Å². The highest BCUT2D eigenvalue weighted by Crippen LogP contribution is 2.29. The molecular formula is C15H21N3O. The summed E-state index contributed by atoms with van der Waals surface area (Å²) >= 11 is 0. The number of likely N-dealkylation sites (N-methyl/N-ethyl adjacent to an activating group) is 1. The van der Waals surface area contributed by atoms with Gasteiger partial charge in [-0.3, -0.25) is 4.79 Å². The van der Waals surface area contributed by atoms with Gasteiger partial charge < -0.3 is 15.5 Å². The zero-order valence-corrected chi connectivity index (χ0v) is 11.4. The average Bonchev–Trinajstić information content (AvgIpc) is 2.81. The number of piperazine rings is 1. The van der Waals surface area contributed by atoms with Crippen molar-refractivity contribution in [2.45, 2.75) is 12.8 Å². The van der Waals surface area contributed by atoms with Gasteiger partial charge in [0.15, 0.2) is 0 Å². The fourth-order valence-corrected chi connectivity index (χ4v) is 3.10. The summed E-state index contributed by atoms with van der Waals surface area (Å²) in [4.78, 5) is 16.8. The summed E-state index contributed by atoms with van der Waals surface area (Å²) in [5.41, 5.74) is 9.16. The van der Waals surface area contributed by atoms with E-state index in [9.17, 15) is 4.79 Å². The summed E-state index contributed by atoms with van der Waals surface area (Å²) in [5, 5.41) is 0. The van der Waals surface area contributed by atoms with E-state index in [1.807, 2.05) is 17.0 Å². The van der Waals surface area contributed by atoms with E-state index >= 15 is 0 Å². The lowest BCUT2D eigenvalue weighted by atomic mass is 10.0. The van der Waals surface area contributed by atoms with Gasteiger partial charge >= 0.3 is 0 Å². The summed E-state index contributed by atoms with van der Waals surface area (Å²) in [7, 11) is 2.11. The van der Waals surface area contributed by atoms with Crippen LogP contribution in [-0.2, 0) is 17.6 Å². The SMILES string of the molecule is CN1CCN(C(=O)[C@@H]2Cc3ccc(N)cc3C2)CC1. The molecule has 1 saturated heterocycles.